The quantitative estimate of drug-likeness (QED) is 0.204. The Hall–Kier alpha value is -5.05. The van der Waals surface area contributed by atoms with Crippen molar-refractivity contribution >= 4 is 23.6 Å². The third-order valence-corrected chi connectivity index (χ3v) is 8.83. The van der Waals surface area contributed by atoms with Crippen molar-refractivity contribution in [2.75, 3.05) is 35.3 Å². The highest BCUT2D eigenvalue weighted by molar-refractivity contribution is 5.92. The highest BCUT2D eigenvalue weighted by atomic mass is 19.4. The SMILES string of the molecule is COc1ncc(-c2ccc(N(C(=O)NC(C)c3ccccc3)[C@H]3CC[C@H](Nc4ncc(C(F)(F)F)c(N5CC(C)(O)C5)n4)CC3)nc2)cn1. The fraction of sp³-hybridized carbons (Fsp3) is 0.412. The van der Waals surface area contributed by atoms with Crippen LogP contribution in [0.25, 0.3) is 11.1 Å². The molecule has 2 amide bonds. The van der Waals surface area contributed by atoms with Crippen molar-refractivity contribution in [3.8, 4) is 17.1 Å². The summed E-state index contributed by atoms with van der Waals surface area (Å²) in [5.74, 6) is 0.314. The summed E-state index contributed by atoms with van der Waals surface area (Å²) in [7, 11) is 1.49. The van der Waals surface area contributed by atoms with E-state index in [1.54, 1.807) is 36.5 Å². The molecule has 1 unspecified atom stereocenters. The molecule has 2 aliphatic rings. The first kappa shape index (κ1) is 33.8. The second kappa shape index (κ2) is 13.8. The van der Waals surface area contributed by atoms with Gasteiger partial charge >= 0.3 is 18.2 Å². The molecule has 258 valence electrons. The molecule has 0 radical (unpaired) electrons. The van der Waals surface area contributed by atoms with Gasteiger partial charge in [-0.2, -0.15) is 18.2 Å². The minimum Gasteiger partial charge on any atom is -0.467 e. The van der Waals surface area contributed by atoms with Crippen LogP contribution in [0.15, 0.2) is 67.3 Å². The number of ether oxygens (including phenoxy) is 1. The molecule has 0 spiro atoms. The van der Waals surface area contributed by atoms with Crippen molar-refractivity contribution in [1.82, 2.24) is 30.2 Å². The molecule has 2 fully saturated rings. The number of methoxy groups -OCH3 is 1. The average molecular weight is 678 g/mol. The van der Waals surface area contributed by atoms with Crippen LogP contribution >= 0.6 is 0 Å². The topological polar surface area (TPSA) is 142 Å². The Bertz CT molecular complexity index is 1730. The van der Waals surface area contributed by atoms with E-state index in [2.05, 4.69) is 35.6 Å². The van der Waals surface area contributed by atoms with E-state index in [0.717, 1.165) is 22.9 Å². The molecular weight excluding hydrogens is 639 g/mol. The number of pyridine rings is 1. The zero-order valence-electron chi connectivity index (χ0n) is 27.4. The summed E-state index contributed by atoms with van der Waals surface area (Å²) >= 11 is 0. The summed E-state index contributed by atoms with van der Waals surface area (Å²) in [6.07, 6.45) is 3.53. The molecule has 49 heavy (non-hydrogen) atoms. The van der Waals surface area contributed by atoms with E-state index in [1.807, 2.05) is 43.3 Å². The van der Waals surface area contributed by atoms with Crippen molar-refractivity contribution in [2.24, 2.45) is 0 Å². The Kier molecular flexibility index (Phi) is 9.54. The minimum absolute atomic E-state index is 0.0430. The van der Waals surface area contributed by atoms with Crippen molar-refractivity contribution in [3.63, 3.8) is 0 Å². The van der Waals surface area contributed by atoms with E-state index in [1.165, 1.54) is 12.0 Å². The number of halogens is 3. The summed E-state index contributed by atoms with van der Waals surface area (Å²) in [6, 6.07) is 12.7. The number of urea groups is 1. The maximum atomic E-state index is 13.9. The van der Waals surface area contributed by atoms with Crippen LogP contribution in [0, 0.1) is 0 Å². The van der Waals surface area contributed by atoms with Crippen molar-refractivity contribution in [3.05, 3.63) is 78.4 Å². The fourth-order valence-corrected chi connectivity index (χ4v) is 6.28. The maximum absolute atomic E-state index is 13.9. The molecule has 12 nitrogen and oxygen atoms in total. The lowest BCUT2D eigenvalue weighted by Gasteiger charge is -2.45. The average Bonchev–Trinajstić information content (AvgIpc) is 3.08. The Balaban J connectivity index is 1.18. The molecule has 1 saturated carbocycles. The number of carbonyl (C=O) groups is 1. The first-order chi connectivity index (χ1) is 23.4. The van der Waals surface area contributed by atoms with Gasteiger partial charge in [0.15, 0.2) is 0 Å². The number of nitrogens with zero attached hydrogens (tertiary/aromatic N) is 7. The fourth-order valence-electron chi connectivity index (χ4n) is 6.28. The normalized spacial score (nSPS) is 19.4. The maximum Gasteiger partial charge on any atom is 0.421 e. The highest BCUT2D eigenvalue weighted by Gasteiger charge is 2.43. The van der Waals surface area contributed by atoms with E-state index in [9.17, 15) is 23.1 Å². The summed E-state index contributed by atoms with van der Waals surface area (Å²) in [4.78, 5) is 38.2. The van der Waals surface area contributed by atoms with Crippen LogP contribution in [0.4, 0.5) is 35.5 Å². The smallest absolute Gasteiger partial charge is 0.421 e. The molecule has 1 aliphatic carbocycles. The van der Waals surface area contributed by atoms with Crippen molar-refractivity contribution in [2.45, 2.75) is 69.4 Å². The van der Waals surface area contributed by atoms with Gasteiger partial charge in [0.05, 0.1) is 18.8 Å². The molecule has 1 aliphatic heterocycles. The molecule has 3 N–H and O–H groups in total. The molecule has 1 saturated heterocycles. The van der Waals surface area contributed by atoms with E-state index in [0.29, 0.717) is 31.5 Å². The lowest BCUT2D eigenvalue weighted by molar-refractivity contribution is -0.137. The number of amides is 2. The van der Waals surface area contributed by atoms with Crippen LogP contribution in [0.2, 0.25) is 0 Å². The number of carbonyl (C=O) groups excluding carboxylic acids is 1. The largest absolute Gasteiger partial charge is 0.467 e. The summed E-state index contributed by atoms with van der Waals surface area (Å²) in [5, 5.41) is 16.4. The van der Waals surface area contributed by atoms with Crippen LogP contribution < -0.4 is 25.2 Å². The van der Waals surface area contributed by atoms with E-state index in [-0.39, 0.29) is 55.0 Å². The molecular formula is C34H38F3N9O3. The number of aromatic nitrogens is 5. The van der Waals surface area contributed by atoms with Gasteiger partial charge in [-0.1, -0.05) is 30.3 Å². The lowest BCUT2D eigenvalue weighted by Crippen LogP contribution is -2.60. The van der Waals surface area contributed by atoms with Gasteiger partial charge in [0.1, 0.15) is 17.2 Å². The van der Waals surface area contributed by atoms with Crippen LogP contribution in [-0.4, -0.2) is 73.9 Å². The highest BCUT2D eigenvalue weighted by Crippen LogP contribution is 2.39. The predicted octanol–water partition coefficient (Wildman–Crippen LogP) is 5.63. The first-order valence-electron chi connectivity index (χ1n) is 16.1. The molecule has 4 aromatic rings. The van der Waals surface area contributed by atoms with Crippen LogP contribution in [0.3, 0.4) is 0 Å². The molecule has 1 atom stereocenters. The Morgan fingerprint density at radius 3 is 2.24 bits per heavy atom. The van der Waals surface area contributed by atoms with Gasteiger partial charge in [0.25, 0.3) is 0 Å². The zero-order valence-corrected chi connectivity index (χ0v) is 27.4. The number of aliphatic hydroxyl groups is 1. The monoisotopic (exact) mass is 677 g/mol. The number of hydrogen-bond acceptors (Lipinski definition) is 10. The summed E-state index contributed by atoms with van der Waals surface area (Å²) in [5.41, 5.74) is 0.463. The minimum atomic E-state index is -4.63. The van der Waals surface area contributed by atoms with Crippen molar-refractivity contribution < 1.29 is 27.8 Å². The molecule has 15 heteroatoms. The van der Waals surface area contributed by atoms with Gasteiger partial charge in [-0.3, -0.25) is 4.90 Å². The Morgan fingerprint density at radius 2 is 1.65 bits per heavy atom. The number of benzene rings is 1. The predicted molar refractivity (Wildman–Crippen MR) is 177 cm³/mol. The van der Waals surface area contributed by atoms with Crippen molar-refractivity contribution in [1.29, 1.82) is 0 Å². The second-order valence-electron chi connectivity index (χ2n) is 12.7. The standard InChI is InChI=1S/C34H38F3N9O3/c1-21(22-7-5-4-6-8-22)42-32(47)46(28-14-9-23(15-38-28)24-16-40-31(49-3)41-17-24)26-12-10-25(11-13-26)43-30-39-18-27(34(35,36)37)29(44-30)45-19-33(2,48)20-45/h4-9,14-18,21,25-26,48H,10-13,19-20H2,1-3H3,(H,42,47)(H,39,43,44)/t21?,25-,26-. The number of nitrogens with one attached hydrogen (secondary N) is 2. The van der Waals surface area contributed by atoms with Crippen LogP contribution in [0.1, 0.15) is 56.7 Å². The van der Waals surface area contributed by atoms with Gasteiger partial charge < -0.3 is 25.4 Å². The summed E-state index contributed by atoms with van der Waals surface area (Å²) < 4.78 is 46.3. The Labute approximate surface area is 281 Å². The van der Waals surface area contributed by atoms with Crippen LogP contribution in [0.5, 0.6) is 6.01 Å². The molecule has 3 aromatic heterocycles. The third kappa shape index (κ3) is 7.82. The number of alkyl halides is 3. The van der Waals surface area contributed by atoms with Gasteiger partial charge in [0.2, 0.25) is 5.95 Å². The third-order valence-electron chi connectivity index (χ3n) is 8.83. The lowest BCUT2D eigenvalue weighted by atomic mass is 9.90. The van der Waals surface area contributed by atoms with Gasteiger partial charge in [-0.25, -0.2) is 24.7 Å². The second-order valence-corrected chi connectivity index (χ2v) is 12.7. The molecule has 0 bridgehead atoms. The number of hydrogen-bond donors (Lipinski definition) is 3. The van der Waals surface area contributed by atoms with Gasteiger partial charge in [-0.15, -0.1) is 0 Å². The van der Waals surface area contributed by atoms with Gasteiger partial charge in [-0.05, 0) is 57.2 Å². The molecule has 4 heterocycles. The van der Waals surface area contributed by atoms with E-state index in [4.69, 9.17) is 4.74 Å². The summed E-state index contributed by atoms with van der Waals surface area (Å²) in [6.45, 7) is 3.58. The molecule has 6 rings (SSSR count). The number of anilines is 3. The van der Waals surface area contributed by atoms with Crippen LogP contribution in [-0.2, 0) is 6.18 Å². The zero-order chi connectivity index (χ0) is 34.8. The first-order valence-corrected chi connectivity index (χ1v) is 16.1. The Morgan fingerprint density at radius 1 is 0.980 bits per heavy atom. The number of β-amino-alcohol motifs (C(OH)–C–C–N with tert-alkyl or cyclic N) is 1. The molecule has 1 aromatic carbocycles. The van der Waals surface area contributed by atoms with E-state index < -0.39 is 17.3 Å². The van der Waals surface area contributed by atoms with E-state index >= 15 is 0 Å². The number of rotatable bonds is 9. The van der Waals surface area contributed by atoms with Gasteiger partial charge in [0, 0.05) is 61.1 Å².